The Balaban J connectivity index is 1.50. The first-order valence-electron chi connectivity index (χ1n) is 11.0. The van der Waals surface area contributed by atoms with E-state index in [1.165, 1.54) is 4.90 Å². The summed E-state index contributed by atoms with van der Waals surface area (Å²) in [6.45, 7) is 1.96. The summed E-state index contributed by atoms with van der Waals surface area (Å²) < 4.78 is 6.24. The van der Waals surface area contributed by atoms with E-state index in [0.717, 1.165) is 16.7 Å². The molecule has 0 aromatic heterocycles. The van der Waals surface area contributed by atoms with Gasteiger partial charge in [-0.2, -0.15) is 0 Å². The lowest BCUT2D eigenvalue weighted by Gasteiger charge is -2.24. The van der Waals surface area contributed by atoms with Crippen LogP contribution >= 0.6 is 23.2 Å². The average Bonchev–Trinajstić information content (AvgIpc) is 3.14. The number of hydrogen-bond donors (Lipinski definition) is 1. The van der Waals surface area contributed by atoms with Gasteiger partial charge in [0, 0.05) is 24.9 Å². The Morgan fingerprint density at radius 3 is 2.56 bits per heavy atom. The highest BCUT2D eigenvalue weighted by molar-refractivity contribution is 6.42. The maximum Gasteiger partial charge on any atom is 0.323 e. The summed E-state index contributed by atoms with van der Waals surface area (Å²) in [6.07, 6.45) is 1.73. The van der Waals surface area contributed by atoms with E-state index < -0.39 is 11.6 Å². The molecule has 0 bridgehead atoms. The van der Waals surface area contributed by atoms with Gasteiger partial charge in [-0.15, -0.1) is 0 Å². The van der Waals surface area contributed by atoms with Crippen LogP contribution in [0.25, 0.3) is 0 Å². The largest absolute Gasteiger partial charge is 0.487 e. The van der Waals surface area contributed by atoms with Crippen LogP contribution < -0.4 is 4.74 Å². The van der Waals surface area contributed by atoms with Crippen LogP contribution in [0.5, 0.6) is 5.75 Å². The van der Waals surface area contributed by atoms with Crippen molar-refractivity contribution in [2.45, 2.75) is 31.8 Å². The van der Waals surface area contributed by atoms with E-state index in [4.69, 9.17) is 27.9 Å². The molecule has 176 valence electrons. The molecular formula is C27H25Cl2NO4. The van der Waals surface area contributed by atoms with Crippen LogP contribution in [-0.4, -0.2) is 40.6 Å². The third-order valence-corrected chi connectivity index (χ3v) is 6.81. The van der Waals surface area contributed by atoms with Crippen LogP contribution in [0.3, 0.4) is 0 Å². The maximum absolute atomic E-state index is 13.2. The number of fused-ring (bicyclic) bond motifs is 1. The van der Waals surface area contributed by atoms with Crippen LogP contribution in [0.2, 0.25) is 10.0 Å². The predicted octanol–water partition coefficient (Wildman–Crippen LogP) is 5.70. The summed E-state index contributed by atoms with van der Waals surface area (Å²) in [6, 6.07) is 20.5. The highest BCUT2D eigenvalue weighted by Crippen LogP contribution is 2.39. The monoisotopic (exact) mass is 497 g/mol. The van der Waals surface area contributed by atoms with E-state index in [-0.39, 0.29) is 12.5 Å². The van der Waals surface area contributed by atoms with Crippen molar-refractivity contribution in [2.75, 3.05) is 13.1 Å². The van der Waals surface area contributed by atoms with Crippen molar-refractivity contribution in [1.82, 2.24) is 4.90 Å². The zero-order chi connectivity index (χ0) is 24.3. The van der Waals surface area contributed by atoms with Crippen LogP contribution in [0.15, 0.2) is 66.7 Å². The maximum atomic E-state index is 13.2. The van der Waals surface area contributed by atoms with Crippen LogP contribution in [0, 0.1) is 0 Å². The minimum atomic E-state index is -1.04. The molecule has 7 heteroatoms. The quantitative estimate of drug-likeness (QED) is 0.433. The fourth-order valence-electron chi connectivity index (χ4n) is 4.35. The highest BCUT2D eigenvalue weighted by atomic mass is 35.5. The first kappa shape index (κ1) is 24.1. The normalized spacial score (nSPS) is 16.6. The van der Waals surface area contributed by atoms with Crippen LogP contribution in [0.4, 0.5) is 0 Å². The van der Waals surface area contributed by atoms with E-state index in [9.17, 15) is 14.7 Å². The molecule has 0 saturated carbocycles. The molecule has 0 aliphatic carbocycles. The van der Waals surface area contributed by atoms with Crippen LogP contribution in [-0.2, 0) is 24.1 Å². The molecule has 34 heavy (non-hydrogen) atoms. The second-order valence-corrected chi connectivity index (χ2v) is 9.58. The number of benzene rings is 3. The lowest BCUT2D eigenvalue weighted by atomic mass is 9.91. The molecule has 0 saturated heterocycles. The van der Waals surface area contributed by atoms with Crippen molar-refractivity contribution in [3.63, 3.8) is 0 Å². The Labute approximate surface area is 208 Å². The van der Waals surface area contributed by atoms with Gasteiger partial charge < -0.3 is 14.7 Å². The summed E-state index contributed by atoms with van der Waals surface area (Å²) in [5.41, 5.74) is 2.76. The van der Waals surface area contributed by atoms with Gasteiger partial charge in [0.1, 0.15) is 17.9 Å². The molecule has 3 aromatic rings. The molecule has 1 amide bonds. The van der Waals surface area contributed by atoms with Gasteiger partial charge in [0.25, 0.3) is 5.91 Å². The Bertz CT molecular complexity index is 1210. The number of carboxylic acids is 1. The molecule has 0 radical (unpaired) electrons. The summed E-state index contributed by atoms with van der Waals surface area (Å²) in [7, 11) is 0. The van der Waals surface area contributed by atoms with Gasteiger partial charge in [0.2, 0.25) is 0 Å². The van der Waals surface area contributed by atoms with E-state index in [0.29, 0.717) is 47.2 Å². The van der Waals surface area contributed by atoms with Crippen molar-refractivity contribution in [3.8, 4) is 5.75 Å². The highest BCUT2D eigenvalue weighted by Gasteiger charge is 2.36. The molecule has 3 aromatic carbocycles. The Morgan fingerprint density at radius 1 is 1.06 bits per heavy atom. The molecular weight excluding hydrogens is 473 g/mol. The Morgan fingerprint density at radius 2 is 1.82 bits per heavy atom. The summed E-state index contributed by atoms with van der Waals surface area (Å²) >= 11 is 12.5. The third-order valence-electron chi connectivity index (χ3n) is 5.95. The van der Waals surface area contributed by atoms with E-state index in [1.807, 2.05) is 49.4 Å². The molecule has 5 nitrogen and oxygen atoms in total. The summed E-state index contributed by atoms with van der Waals surface area (Å²) in [5, 5.41) is 10.4. The zero-order valence-corrected chi connectivity index (χ0v) is 20.3. The third kappa shape index (κ3) is 5.54. The zero-order valence-electron chi connectivity index (χ0n) is 18.8. The molecule has 1 aliphatic rings. The number of carbonyl (C=O) groups excluding carboxylic acids is 1. The molecule has 1 N–H and O–H groups in total. The predicted molar refractivity (Wildman–Crippen MR) is 133 cm³/mol. The van der Waals surface area contributed by atoms with E-state index in [1.54, 1.807) is 24.3 Å². The lowest BCUT2D eigenvalue weighted by molar-refractivity contribution is -0.137. The lowest BCUT2D eigenvalue weighted by Crippen LogP contribution is -2.37. The van der Waals surface area contributed by atoms with Crippen LogP contribution in [0.1, 0.15) is 34.0 Å². The van der Waals surface area contributed by atoms with Crippen molar-refractivity contribution < 1.29 is 19.4 Å². The fraction of sp³-hybridized carbons (Fsp3) is 0.259. The van der Waals surface area contributed by atoms with Gasteiger partial charge in [0.15, 0.2) is 0 Å². The smallest absolute Gasteiger partial charge is 0.323 e. The van der Waals surface area contributed by atoms with Crippen molar-refractivity contribution in [2.24, 2.45) is 0 Å². The second kappa shape index (κ2) is 10.1. The van der Waals surface area contributed by atoms with Gasteiger partial charge in [-0.3, -0.25) is 9.59 Å². The number of ether oxygens (including phenoxy) is 1. The van der Waals surface area contributed by atoms with Gasteiger partial charge in [0.05, 0.1) is 10.0 Å². The number of carboxylic acid groups (broad SMARTS) is 1. The number of amides is 1. The average molecular weight is 498 g/mol. The van der Waals surface area contributed by atoms with Gasteiger partial charge >= 0.3 is 5.97 Å². The number of nitrogens with zero attached hydrogens (tertiary/aromatic N) is 1. The first-order chi connectivity index (χ1) is 16.2. The van der Waals surface area contributed by atoms with Crippen molar-refractivity contribution in [1.29, 1.82) is 0 Å². The molecule has 0 fully saturated rings. The van der Waals surface area contributed by atoms with E-state index in [2.05, 4.69) is 0 Å². The number of carbonyl (C=O) groups is 2. The molecule has 1 atom stereocenters. The molecule has 0 spiro atoms. The fourth-order valence-corrected chi connectivity index (χ4v) is 4.73. The number of aliphatic carboxylic acids is 1. The Hall–Kier alpha value is -3.02. The number of halogens is 2. The Kier molecular flexibility index (Phi) is 7.15. The number of rotatable bonds is 8. The van der Waals surface area contributed by atoms with Gasteiger partial charge in [-0.05, 0) is 54.3 Å². The van der Waals surface area contributed by atoms with Crippen molar-refractivity contribution >= 4 is 35.1 Å². The molecule has 1 aliphatic heterocycles. The molecule has 4 rings (SSSR count). The second-order valence-electron chi connectivity index (χ2n) is 8.80. The van der Waals surface area contributed by atoms with Gasteiger partial charge in [-0.25, -0.2) is 0 Å². The minimum absolute atomic E-state index is 0.312. The SMILES string of the molecule is C[C@]1(Cc2cccc(Cl)c2Cl)Cc2cc(C(=O)N(CCc3ccccc3)CC(=O)O)ccc2O1. The minimum Gasteiger partial charge on any atom is -0.487 e. The summed E-state index contributed by atoms with van der Waals surface area (Å²) in [4.78, 5) is 26.0. The first-order valence-corrected chi connectivity index (χ1v) is 11.8. The van der Waals surface area contributed by atoms with E-state index >= 15 is 0 Å². The standard InChI is InChI=1S/C27H25Cl2NO4/c1-27(15-20-8-5-9-22(28)25(20)29)16-21-14-19(10-11-23(21)34-27)26(33)30(17-24(31)32)13-12-18-6-3-2-4-7-18/h2-11,14H,12-13,15-17H2,1H3,(H,31,32)/t27-/m0/s1. The van der Waals surface area contributed by atoms with Crippen molar-refractivity contribution in [3.05, 3.63) is 99.0 Å². The topological polar surface area (TPSA) is 66.8 Å². The molecule has 1 heterocycles. The number of hydrogen-bond acceptors (Lipinski definition) is 3. The summed E-state index contributed by atoms with van der Waals surface area (Å²) in [5.74, 6) is -0.643. The van der Waals surface area contributed by atoms with Gasteiger partial charge in [-0.1, -0.05) is 65.7 Å². The molecule has 0 unspecified atom stereocenters.